The molecule has 2 aromatic rings. The van der Waals surface area contributed by atoms with E-state index in [1.165, 1.54) is 4.90 Å². The van der Waals surface area contributed by atoms with Gasteiger partial charge in [0.15, 0.2) is 0 Å². The van der Waals surface area contributed by atoms with Crippen LogP contribution in [0.5, 0.6) is 0 Å². The van der Waals surface area contributed by atoms with Crippen LogP contribution in [0.2, 0.25) is 0 Å². The van der Waals surface area contributed by atoms with Crippen molar-refractivity contribution in [3.63, 3.8) is 0 Å². The highest BCUT2D eigenvalue weighted by Crippen LogP contribution is 2.27. The van der Waals surface area contributed by atoms with Crippen molar-refractivity contribution in [2.75, 3.05) is 26.7 Å². The number of carbonyl (C=O) groups is 3. The van der Waals surface area contributed by atoms with Crippen molar-refractivity contribution in [1.29, 1.82) is 0 Å². The molecule has 0 spiro atoms. The third kappa shape index (κ3) is 3.78. The summed E-state index contributed by atoms with van der Waals surface area (Å²) in [6, 6.07) is 8.38. The van der Waals surface area contributed by atoms with Gasteiger partial charge in [-0.2, -0.15) is 0 Å². The minimum atomic E-state index is -0.357. The van der Waals surface area contributed by atoms with Crippen molar-refractivity contribution in [2.24, 2.45) is 5.92 Å². The summed E-state index contributed by atoms with van der Waals surface area (Å²) in [5.41, 5.74) is 1.95. The van der Waals surface area contributed by atoms with Crippen LogP contribution in [0, 0.1) is 5.92 Å². The third-order valence-corrected chi connectivity index (χ3v) is 5.70. The fraction of sp³-hybridized carbons (Fsp3) is 0.364. The SMILES string of the molecule is CNCC1CCN(C(=O)c2ccc3c(c2)C(=O)N(Cc2ccncc2)C3=O)CC1. The molecule has 2 aliphatic heterocycles. The molecule has 0 unspecified atom stereocenters. The number of aromatic nitrogens is 1. The Bertz CT molecular complexity index is 936. The summed E-state index contributed by atoms with van der Waals surface area (Å²) in [7, 11) is 1.94. The maximum absolute atomic E-state index is 12.9. The first-order valence-electron chi connectivity index (χ1n) is 9.91. The number of nitrogens with zero attached hydrogens (tertiary/aromatic N) is 3. The first-order valence-corrected chi connectivity index (χ1v) is 9.91. The monoisotopic (exact) mass is 392 g/mol. The van der Waals surface area contributed by atoms with E-state index in [9.17, 15) is 14.4 Å². The van der Waals surface area contributed by atoms with Gasteiger partial charge in [-0.3, -0.25) is 24.3 Å². The second kappa shape index (κ2) is 8.13. The van der Waals surface area contributed by atoms with E-state index in [4.69, 9.17) is 0 Å². The number of likely N-dealkylation sites (tertiary alicyclic amines) is 1. The number of hydrogen-bond acceptors (Lipinski definition) is 5. The summed E-state index contributed by atoms with van der Waals surface area (Å²) in [6.45, 7) is 2.58. The van der Waals surface area contributed by atoms with Crippen LogP contribution in [0.15, 0.2) is 42.7 Å². The number of nitrogens with one attached hydrogen (secondary N) is 1. The van der Waals surface area contributed by atoms with Crippen LogP contribution in [-0.4, -0.2) is 59.2 Å². The lowest BCUT2D eigenvalue weighted by Crippen LogP contribution is -2.40. The number of piperidine rings is 1. The van der Waals surface area contributed by atoms with Crippen LogP contribution in [0.1, 0.15) is 49.5 Å². The fourth-order valence-corrected chi connectivity index (χ4v) is 4.05. The van der Waals surface area contributed by atoms with E-state index in [1.54, 1.807) is 42.7 Å². The van der Waals surface area contributed by atoms with Crippen molar-refractivity contribution >= 4 is 17.7 Å². The zero-order chi connectivity index (χ0) is 20.4. The van der Waals surface area contributed by atoms with Gasteiger partial charge < -0.3 is 10.2 Å². The smallest absolute Gasteiger partial charge is 0.261 e. The number of rotatable bonds is 5. The lowest BCUT2D eigenvalue weighted by molar-refractivity contribution is 0.0641. The standard InChI is InChI=1S/C22H24N4O3/c1-23-13-15-6-10-25(11-7-15)20(27)17-2-3-18-19(12-17)22(29)26(21(18)28)14-16-4-8-24-9-5-16/h2-5,8-9,12,15,23H,6-7,10-11,13-14H2,1H3. The molecule has 0 atom stereocenters. The Kier molecular flexibility index (Phi) is 5.40. The molecular formula is C22H24N4O3. The third-order valence-electron chi connectivity index (χ3n) is 5.70. The predicted octanol–water partition coefficient (Wildman–Crippen LogP) is 1.95. The van der Waals surface area contributed by atoms with Gasteiger partial charge in [0.25, 0.3) is 17.7 Å². The molecule has 2 aliphatic rings. The van der Waals surface area contributed by atoms with Crippen molar-refractivity contribution in [3.05, 3.63) is 65.0 Å². The molecule has 7 nitrogen and oxygen atoms in total. The van der Waals surface area contributed by atoms with E-state index in [0.717, 1.165) is 24.9 Å². The molecule has 0 radical (unpaired) electrons. The Morgan fingerprint density at radius 2 is 1.76 bits per heavy atom. The van der Waals surface area contributed by atoms with Crippen LogP contribution in [0.25, 0.3) is 0 Å². The van der Waals surface area contributed by atoms with Gasteiger partial charge in [-0.25, -0.2) is 0 Å². The maximum atomic E-state index is 12.9. The molecule has 0 aliphatic carbocycles. The first kappa shape index (κ1) is 19.3. The van der Waals surface area contributed by atoms with Crippen LogP contribution in [-0.2, 0) is 6.54 Å². The number of imide groups is 1. The summed E-state index contributed by atoms with van der Waals surface area (Å²) in [5, 5.41) is 3.19. The summed E-state index contributed by atoms with van der Waals surface area (Å²) < 4.78 is 0. The second-order valence-corrected chi connectivity index (χ2v) is 7.61. The Balaban J connectivity index is 1.49. The minimum absolute atomic E-state index is 0.0801. The van der Waals surface area contributed by atoms with Crippen molar-refractivity contribution in [1.82, 2.24) is 20.1 Å². The van der Waals surface area contributed by atoms with Gasteiger partial charge in [0, 0.05) is 31.0 Å². The van der Waals surface area contributed by atoms with Gasteiger partial charge in [0.05, 0.1) is 17.7 Å². The summed E-state index contributed by atoms with van der Waals surface area (Å²) in [6.07, 6.45) is 5.19. The highest BCUT2D eigenvalue weighted by atomic mass is 16.2. The molecule has 7 heteroatoms. The number of benzene rings is 1. The molecule has 150 valence electrons. The number of pyridine rings is 1. The molecule has 1 fully saturated rings. The Hall–Kier alpha value is -3.06. The highest BCUT2D eigenvalue weighted by Gasteiger charge is 2.36. The van der Waals surface area contributed by atoms with E-state index in [2.05, 4.69) is 10.3 Å². The van der Waals surface area contributed by atoms with Gasteiger partial charge in [-0.05, 0) is 68.2 Å². The van der Waals surface area contributed by atoms with E-state index < -0.39 is 0 Å². The summed E-state index contributed by atoms with van der Waals surface area (Å²) >= 11 is 0. The van der Waals surface area contributed by atoms with Gasteiger partial charge in [-0.15, -0.1) is 0 Å². The quantitative estimate of drug-likeness (QED) is 0.787. The molecule has 1 aromatic carbocycles. The molecule has 4 rings (SSSR count). The van der Waals surface area contributed by atoms with Gasteiger partial charge in [0.2, 0.25) is 0 Å². The molecule has 1 aromatic heterocycles. The zero-order valence-electron chi connectivity index (χ0n) is 16.4. The van der Waals surface area contributed by atoms with E-state index in [1.807, 2.05) is 11.9 Å². The molecule has 3 amide bonds. The molecule has 1 saturated heterocycles. The summed E-state index contributed by atoms with van der Waals surface area (Å²) in [4.78, 5) is 45.4. The van der Waals surface area contributed by atoms with Crippen molar-refractivity contribution in [3.8, 4) is 0 Å². The van der Waals surface area contributed by atoms with Gasteiger partial charge >= 0.3 is 0 Å². The number of hydrogen-bond donors (Lipinski definition) is 1. The predicted molar refractivity (Wildman–Crippen MR) is 107 cm³/mol. The van der Waals surface area contributed by atoms with E-state index in [-0.39, 0.29) is 24.3 Å². The number of amides is 3. The van der Waals surface area contributed by atoms with Crippen LogP contribution in [0.4, 0.5) is 0 Å². The molecule has 0 saturated carbocycles. The highest BCUT2D eigenvalue weighted by molar-refractivity contribution is 6.22. The molecule has 0 bridgehead atoms. The van der Waals surface area contributed by atoms with Crippen molar-refractivity contribution in [2.45, 2.75) is 19.4 Å². The topological polar surface area (TPSA) is 82.6 Å². The number of fused-ring (bicyclic) bond motifs is 1. The van der Waals surface area contributed by atoms with Crippen LogP contribution >= 0.6 is 0 Å². The average molecular weight is 392 g/mol. The maximum Gasteiger partial charge on any atom is 0.261 e. The minimum Gasteiger partial charge on any atom is -0.339 e. The fourth-order valence-electron chi connectivity index (χ4n) is 4.05. The number of carbonyl (C=O) groups excluding carboxylic acids is 3. The molecule has 29 heavy (non-hydrogen) atoms. The van der Waals surface area contributed by atoms with E-state index >= 15 is 0 Å². The lowest BCUT2D eigenvalue weighted by Gasteiger charge is -2.32. The second-order valence-electron chi connectivity index (χ2n) is 7.61. The molecular weight excluding hydrogens is 368 g/mol. The normalized spacial score (nSPS) is 17.0. The Morgan fingerprint density at radius 3 is 2.45 bits per heavy atom. The molecule has 1 N–H and O–H groups in total. The van der Waals surface area contributed by atoms with Crippen LogP contribution < -0.4 is 5.32 Å². The van der Waals surface area contributed by atoms with Crippen molar-refractivity contribution < 1.29 is 14.4 Å². The largest absolute Gasteiger partial charge is 0.339 e. The lowest BCUT2D eigenvalue weighted by atomic mass is 9.96. The van der Waals surface area contributed by atoms with Gasteiger partial charge in [0.1, 0.15) is 0 Å². The zero-order valence-corrected chi connectivity index (χ0v) is 16.4. The Labute approximate surface area is 169 Å². The molecule has 3 heterocycles. The summed E-state index contributed by atoms with van der Waals surface area (Å²) in [5.74, 6) is -0.175. The van der Waals surface area contributed by atoms with Gasteiger partial charge in [-0.1, -0.05) is 0 Å². The van der Waals surface area contributed by atoms with Crippen LogP contribution in [0.3, 0.4) is 0 Å². The van der Waals surface area contributed by atoms with E-state index in [0.29, 0.717) is 35.7 Å². The Morgan fingerprint density at radius 1 is 1.07 bits per heavy atom. The first-order chi connectivity index (χ1) is 14.1. The average Bonchev–Trinajstić information content (AvgIpc) is 2.99.